The van der Waals surface area contributed by atoms with Crippen LogP contribution >= 0.6 is 0 Å². The Balaban J connectivity index is 1.90. The Labute approximate surface area is 118 Å². The van der Waals surface area contributed by atoms with E-state index >= 15 is 0 Å². The Morgan fingerprint density at radius 1 is 1.05 bits per heavy atom. The second kappa shape index (κ2) is 7.54. The van der Waals surface area contributed by atoms with E-state index < -0.39 is 0 Å². The third-order valence-electron chi connectivity index (χ3n) is 4.15. The van der Waals surface area contributed by atoms with E-state index in [-0.39, 0.29) is 0 Å². The van der Waals surface area contributed by atoms with Crippen LogP contribution in [0.2, 0.25) is 0 Å². The van der Waals surface area contributed by atoms with E-state index in [0.29, 0.717) is 12.1 Å². The van der Waals surface area contributed by atoms with Gasteiger partial charge in [-0.1, -0.05) is 44.7 Å². The van der Waals surface area contributed by atoms with Crippen molar-refractivity contribution in [3.8, 4) is 0 Å². The number of hydrogen-bond acceptors (Lipinski definition) is 2. The first kappa shape index (κ1) is 14.4. The lowest BCUT2D eigenvalue weighted by molar-refractivity contribution is 0.598. The van der Waals surface area contributed by atoms with Crippen molar-refractivity contribution in [2.75, 3.05) is 11.9 Å². The summed E-state index contributed by atoms with van der Waals surface area (Å²) in [7, 11) is 0. The van der Waals surface area contributed by atoms with E-state index in [9.17, 15) is 0 Å². The van der Waals surface area contributed by atoms with E-state index in [2.05, 4.69) is 48.7 Å². The van der Waals surface area contributed by atoms with Crippen LogP contribution in [0.5, 0.6) is 0 Å². The minimum atomic E-state index is 0.442. The fourth-order valence-corrected chi connectivity index (χ4v) is 2.95. The predicted molar refractivity (Wildman–Crippen MR) is 83.6 cm³/mol. The van der Waals surface area contributed by atoms with Gasteiger partial charge in [-0.2, -0.15) is 0 Å². The molecule has 1 aliphatic carbocycles. The summed E-state index contributed by atoms with van der Waals surface area (Å²) in [4.78, 5) is 0. The maximum atomic E-state index is 3.70. The number of benzene rings is 1. The van der Waals surface area contributed by atoms with Crippen LogP contribution in [0.15, 0.2) is 24.3 Å². The van der Waals surface area contributed by atoms with Gasteiger partial charge in [0.15, 0.2) is 0 Å². The van der Waals surface area contributed by atoms with Crippen LogP contribution in [0.4, 0.5) is 5.69 Å². The molecule has 0 aliphatic heterocycles. The van der Waals surface area contributed by atoms with E-state index in [1.165, 1.54) is 49.8 Å². The van der Waals surface area contributed by atoms with Crippen LogP contribution < -0.4 is 10.6 Å². The first-order valence-corrected chi connectivity index (χ1v) is 7.89. The molecule has 1 atom stereocenters. The summed E-state index contributed by atoms with van der Waals surface area (Å²) in [6.07, 6.45) is 8.25. The molecule has 0 bridgehead atoms. The molecule has 2 heteroatoms. The predicted octanol–water partition coefficient (Wildman–Crippen LogP) is 4.49. The molecule has 0 spiro atoms. The lowest BCUT2D eigenvalue weighted by Gasteiger charge is -2.19. The Morgan fingerprint density at radius 2 is 1.68 bits per heavy atom. The fourth-order valence-electron chi connectivity index (χ4n) is 2.95. The Kier molecular flexibility index (Phi) is 5.71. The molecule has 1 saturated carbocycles. The standard InChI is InChI=1S/C17H28N2/c1-3-18-14(2)15-10-12-17(13-11-15)19-16-8-6-4-5-7-9-16/h10-14,16,18-19H,3-9H2,1-2H3. The van der Waals surface area contributed by atoms with Gasteiger partial charge in [0.25, 0.3) is 0 Å². The Hall–Kier alpha value is -1.02. The summed E-state index contributed by atoms with van der Waals surface area (Å²) in [5, 5.41) is 7.15. The van der Waals surface area contributed by atoms with Crippen LogP contribution in [-0.2, 0) is 0 Å². The van der Waals surface area contributed by atoms with Crippen molar-refractivity contribution in [3.05, 3.63) is 29.8 Å². The number of anilines is 1. The van der Waals surface area contributed by atoms with Crippen molar-refractivity contribution in [2.24, 2.45) is 0 Å². The SMILES string of the molecule is CCNC(C)c1ccc(NC2CCCCCC2)cc1. The minimum absolute atomic E-state index is 0.442. The molecule has 0 saturated heterocycles. The summed E-state index contributed by atoms with van der Waals surface area (Å²) in [6.45, 7) is 5.39. The second-order valence-electron chi connectivity index (χ2n) is 5.73. The van der Waals surface area contributed by atoms with Crippen molar-refractivity contribution in [1.29, 1.82) is 0 Å². The quantitative estimate of drug-likeness (QED) is 0.762. The largest absolute Gasteiger partial charge is 0.382 e. The maximum absolute atomic E-state index is 3.70. The zero-order valence-electron chi connectivity index (χ0n) is 12.4. The van der Waals surface area contributed by atoms with Crippen molar-refractivity contribution in [3.63, 3.8) is 0 Å². The Morgan fingerprint density at radius 3 is 2.26 bits per heavy atom. The summed E-state index contributed by atoms with van der Waals surface area (Å²) in [5.41, 5.74) is 2.65. The molecule has 1 aromatic rings. The summed E-state index contributed by atoms with van der Waals surface area (Å²) in [6, 6.07) is 10.1. The van der Waals surface area contributed by atoms with E-state index in [1.807, 2.05) is 0 Å². The number of hydrogen-bond donors (Lipinski definition) is 2. The van der Waals surface area contributed by atoms with Gasteiger partial charge in [0.05, 0.1) is 0 Å². The van der Waals surface area contributed by atoms with Crippen molar-refractivity contribution in [1.82, 2.24) is 5.32 Å². The molecular weight excluding hydrogens is 232 g/mol. The highest BCUT2D eigenvalue weighted by molar-refractivity contribution is 5.46. The molecule has 2 N–H and O–H groups in total. The average Bonchev–Trinajstić information content (AvgIpc) is 2.68. The van der Waals surface area contributed by atoms with Crippen LogP contribution in [0, 0.1) is 0 Å². The second-order valence-corrected chi connectivity index (χ2v) is 5.73. The third-order valence-corrected chi connectivity index (χ3v) is 4.15. The van der Waals surface area contributed by atoms with Gasteiger partial charge in [0.1, 0.15) is 0 Å². The molecule has 0 amide bonds. The van der Waals surface area contributed by atoms with E-state index in [1.54, 1.807) is 0 Å². The monoisotopic (exact) mass is 260 g/mol. The topological polar surface area (TPSA) is 24.1 Å². The molecule has 19 heavy (non-hydrogen) atoms. The number of rotatable bonds is 5. The van der Waals surface area contributed by atoms with Crippen molar-refractivity contribution >= 4 is 5.69 Å². The van der Waals surface area contributed by atoms with Crippen molar-refractivity contribution in [2.45, 2.75) is 64.5 Å². The molecule has 2 rings (SSSR count). The van der Waals surface area contributed by atoms with Crippen molar-refractivity contribution < 1.29 is 0 Å². The molecular formula is C17H28N2. The lowest BCUT2D eigenvalue weighted by Crippen LogP contribution is -2.19. The van der Waals surface area contributed by atoms with Gasteiger partial charge in [0.2, 0.25) is 0 Å². The molecule has 0 aromatic heterocycles. The van der Waals surface area contributed by atoms with Gasteiger partial charge in [-0.05, 0) is 44.0 Å². The molecule has 1 aliphatic rings. The van der Waals surface area contributed by atoms with Gasteiger partial charge in [0, 0.05) is 17.8 Å². The summed E-state index contributed by atoms with van der Waals surface area (Å²) in [5.74, 6) is 0. The molecule has 2 nitrogen and oxygen atoms in total. The van der Waals surface area contributed by atoms with Gasteiger partial charge in [-0.15, -0.1) is 0 Å². The maximum Gasteiger partial charge on any atom is 0.0342 e. The average molecular weight is 260 g/mol. The van der Waals surface area contributed by atoms with Gasteiger partial charge in [-0.3, -0.25) is 0 Å². The third kappa shape index (κ3) is 4.54. The highest BCUT2D eigenvalue weighted by Gasteiger charge is 2.12. The van der Waals surface area contributed by atoms with Gasteiger partial charge >= 0.3 is 0 Å². The van der Waals surface area contributed by atoms with Gasteiger partial charge < -0.3 is 10.6 Å². The molecule has 1 aromatic carbocycles. The number of nitrogens with one attached hydrogen (secondary N) is 2. The smallest absolute Gasteiger partial charge is 0.0342 e. The Bertz CT molecular complexity index is 350. The molecule has 1 unspecified atom stereocenters. The first-order chi connectivity index (χ1) is 9.29. The zero-order valence-corrected chi connectivity index (χ0v) is 12.4. The highest BCUT2D eigenvalue weighted by Crippen LogP contribution is 2.22. The molecule has 0 radical (unpaired) electrons. The lowest BCUT2D eigenvalue weighted by atomic mass is 10.1. The van der Waals surface area contributed by atoms with Crippen LogP contribution in [0.3, 0.4) is 0 Å². The normalized spacial score (nSPS) is 18.8. The molecule has 1 fully saturated rings. The summed E-state index contributed by atoms with van der Waals surface area (Å²) >= 11 is 0. The van der Waals surface area contributed by atoms with Crippen LogP contribution in [0.25, 0.3) is 0 Å². The minimum Gasteiger partial charge on any atom is -0.382 e. The van der Waals surface area contributed by atoms with Crippen LogP contribution in [-0.4, -0.2) is 12.6 Å². The first-order valence-electron chi connectivity index (χ1n) is 7.89. The molecule has 0 heterocycles. The van der Waals surface area contributed by atoms with Crippen LogP contribution in [0.1, 0.15) is 64.0 Å². The van der Waals surface area contributed by atoms with E-state index in [0.717, 1.165) is 6.54 Å². The highest BCUT2D eigenvalue weighted by atomic mass is 14.9. The zero-order chi connectivity index (χ0) is 13.5. The molecule has 106 valence electrons. The fraction of sp³-hybridized carbons (Fsp3) is 0.647. The summed E-state index contributed by atoms with van der Waals surface area (Å²) < 4.78 is 0. The van der Waals surface area contributed by atoms with E-state index in [4.69, 9.17) is 0 Å². The van der Waals surface area contributed by atoms with Gasteiger partial charge in [-0.25, -0.2) is 0 Å².